The molecule has 1 fully saturated rings. The Hall–Kier alpha value is -1.46. The fourth-order valence-corrected chi connectivity index (χ4v) is 4.52. The van der Waals surface area contributed by atoms with Gasteiger partial charge in [-0.05, 0) is 39.4 Å². The monoisotopic (exact) mass is 345 g/mol. The Morgan fingerprint density at radius 1 is 1.25 bits per heavy atom. The Kier molecular flexibility index (Phi) is 5.51. The van der Waals surface area contributed by atoms with Crippen molar-refractivity contribution >= 4 is 28.6 Å². The number of hydrogen-bond acceptors (Lipinski definition) is 3. The van der Waals surface area contributed by atoms with Crippen molar-refractivity contribution in [1.29, 1.82) is 0 Å². The van der Waals surface area contributed by atoms with Crippen LogP contribution in [0, 0.1) is 0 Å². The molecular formula is C19H27N3OS. The number of likely N-dealkylation sites (tertiary alicyclic amines) is 1. The van der Waals surface area contributed by atoms with Crippen molar-refractivity contribution in [3.63, 3.8) is 0 Å². The second-order valence-electron chi connectivity index (χ2n) is 6.84. The van der Waals surface area contributed by atoms with E-state index < -0.39 is 0 Å². The van der Waals surface area contributed by atoms with Gasteiger partial charge < -0.3 is 14.4 Å². The predicted octanol–water partition coefficient (Wildman–Crippen LogP) is 3.21. The highest BCUT2D eigenvalue weighted by Crippen LogP contribution is 2.29. The van der Waals surface area contributed by atoms with Gasteiger partial charge in [-0.1, -0.05) is 18.2 Å². The number of hydrogen-bond donors (Lipinski definition) is 0. The summed E-state index contributed by atoms with van der Waals surface area (Å²) in [5.74, 6) is 0.799. The summed E-state index contributed by atoms with van der Waals surface area (Å²) in [6.07, 6.45) is 5.51. The SMILES string of the molecule is CN(C)C1CCCN(C(=O)CSc2cn(C)c3ccccc23)CC1. The zero-order valence-electron chi connectivity index (χ0n) is 14.9. The molecule has 0 spiro atoms. The van der Waals surface area contributed by atoms with Crippen LogP contribution in [0.4, 0.5) is 0 Å². The summed E-state index contributed by atoms with van der Waals surface area (Å²) in [5.41, 5.74) is 1.22. The molecule has 5 heteroatoms. The summed E-state index contributed by atoms with van der Waals surface area (Å²) < 4.78 is 2.13. The minimum Gasteiger partial charge on any atom is -0.349 e. The van der Waals surface area contributed by atoms with Gasteiger partial charge in [0, 0.05) is 48.2 Å². The lowest BCUT2D eigenvalue weighted by molar-refractivity contribution is -0.128. The molecular weight excluding hydrogens is 318 g/mol. The Bertz CT molecular complexity index is 710. The normalized spacial score (nSPS) is 19.0. The summed E-state index contributed by atoms with van der Waals surface area (Å²) in [6, 6.07) is 8.98. The van der Waals surface area contributed by atoms with Gasteiger partial charge in [0.25, 0.3) is 0 Å². The molecule has 3 rings (SSSR count). The second kappa shape index (κ2) is 7.62. The number of fused-ring (bicyclic) bond motifs is 1. The molecule has 2 heterocycles. The van der Waals surface area contributed by atoms with Gasteiger partial charge in [0.15, 0.2) is 0 Å². The third-order valence-electron chi connectivity index (χ3n) is 4.99. The van der Waals surface area contributed by atoms with E-state index in [1.54, 1.807) is 11.8 Å². The first-order valence-corrected chi connectivity index (χ1v) is 9.66. The van der Waals surface area contributed by atoms with Crippen LogP contribution in [-0.4, -0.2) is 59.3 Å². The fraction of sp³-hybridized carbons (Fsp3) is 0.526. The third kappa shape index (κ3) is 3.78. The first-order valence-electron chi connectivity index (χ1n) is 8.67. The Morgan fingerprint density at radius 3 is 2.83 bits per heavy atom. The van der Waals surface area contributed by atoms with Crippen LogP contribution in [0.1, 0.15) is 19.3 Å². The van der Waals surface area contributed by atoms with Crippen molar-refractivity contribution in [2.75, 3.05) is 32.9 Å². The summed E-state index contributed by atoms with van der Waals surface area (Å²) in [4.78, 5) is 18.2. The van der Waals surface area contributed by atoms with Gasteiger partial charge in [0.05, 0.1) is 5.75 Å². The van der Waals surface area contributed by atoms with E-state index in [1.807, 2.05) is 0 Å². The van der Waals surface area contributed by atoms with Crippen molar-refractivity contribution in [2.24, 2.45) is 7.05 Å². The standard InChI is InChI=1S/C19H27N3OS/c1-20(2)15-7-6-11-22(12-10-15)19(23)14-24-18-13-21(3)17-9-5-4-8-16(17)18/h4-5,8-9,13,15H,6-7,10-12,14H2,1-3H3. The van der Waals surface area contributed by atoms with Crippen molar-refractivity contribution in [3.8, 4) is 0 Å². The van der Waals surface area contributed by atoms with Crippen LogP contribution in [0.15, 0.2) is 35.4 Å². The van der Waals surface area contributed by atoms with Gasteiger partial charge in [-0.2, -0.15) is 0 Å². The number of rotatable bonds is 4. The number of para-hydroxylation sites is 1. The van der Waals surface area contributed by atoms with Gasteiger partial charge in [-0.3, -0.25) is 4.79 Å². The molecule has 1 unspecified atom stereocenters. The highest BCUT2D eigenvalue weighted by atomic mass is 32.2. The zero-order valence-corrected chi connectivity index (χ0v) is 15.7. The van der Waals surface area contributed by atoms with Gasteiger partial charge >= 0.3 is 0 Å². The lowest BCUT2D eigenvalue weighted by Crippen LogP contribution is -2.34. The van der Waals surface area contributed by atoms with E-state index in [4.69, 9.17) is 0 Å². The molecule has 24 heavy (non-hydrogen) atoms. The topological polar surface area (TPSA) is 28.5 Å². The minimum absolute atomic E-state index is 0.271. The number of nitrogens with zero attached hydrogens (tertiary/aromatic N) is 3. The van der Waals surface area contributed by atoms with Crippen LogP contribution in [0.3, 0.4) is 0 Å². The summed E-state index contributed by atoms with van der Waals surface area (Å²) in [5, 5.41) is 1.24. The highest BCUT2D eigenvalue weighted by Gasteiger charge is 2.22. The van der Waals surface area contributed by atoms with Crippen molar-refractivity contribution in [3.05, 3.63) is 30.5 Å². The molecule has 4 nitrogen and oxygen atoms in total. The van der Waals surface area contributed by atoms with Crippen LogP contribution in [0.2, 0.25) is 0 Å². The summed E-state index contributed by atoms with van der Waals surface area (Å²) >= 11 is 1.66. The lowest BCUT2D eigenvalue weighted by Gasteiger charge is -2.23. The largest absolute Gasteiger partial charge is 0.349 e. The summed E-state index contributed by atoms with van der Waals surface area (Å²) in [7, 11) is 6.33. The van der Waals surface area contributed by atoms with Crippen LogP contribution < -0.4 is 0 Å². The highest BCUT2D eigenvalue weighted by molar-refractivity contribution is 8.00. The van der Waals surface area contributed by atoms with Gasteiger partial charge in [0.2, 0.25) is 5.91 Å². The number of carbonyl (C=O) groups is 1. The van der Waals surface area contributed by atoms with Gasteiger partial charge in [-0.15, -0.1) is 11.8 Å². The molecule has 0 radical (unpaired) electrons. The fourth-order valence-electron chi connectivity index (χ4n) is 3.49. The van der Waals surface area contributed by atoms with Gasteiger partial charge in [0.1, 0.15) is 0 Å². The maximum Gasteiger partial charge on any atom is 0.232 e. The number of aryl methyl sites for hydroxylation is 1. The van der Waals surface area contributed by atoms with Crippen LogP contribution in [0.5, 0.6) is 0 Å². The first-order chi connectivity index (χ1) is 11.6. The number of amides is 1. The quantitative estimate of drug-likeness (QED) is 0.797. The summed E-state index contributed by atoms with van der Waals surface area (Å²) in [6.45, 7) is 1.79. The molecule has 1 aromatic carbocycles. The number of carbonyl (C=O) groups excluding carboxylic acids is 1. The van der Waals surface area contributed by atoms with E-state index >= 15 is 0 Å². The van der Waals surface area contributed by atoms with Crippen LogP contribution in [-0.2, 0) is 11.8 Å². The second-order valence-corrected chi connectivity index (χ2v) is 7.86. The van der Waals surface area contributed by atoms with E-state index in [9.17, 15) is 4.79 Å². The average molecular weight is 346 g/mol. The molecule has 0 aliphatic carbocycles. The molecule has 130 valence electrons. The lowest BCUT2D eigenvalue weighted by atomic mass is 10.1. The average Bonchev–Trinajstić information content (AvgIpc) is 2.76. The van der Waals surface area contributed by atoms with E-state index in [0.29, 0.717) is 11.8 Å². The minimum atomic E-state index is 0.271. The molecule has 1 atom stereocenters. The molecule has 1 amide bonds. The van der Waals surface area contributed by atoms with Crippen LogP contribution in [0.25, 0.3) is 10.9 Å². The van der Waals surface area contributed by atoms with Gasteiger partial charge in [-0.25, -0.2) is 0 Å². The molecule has 0 bridgehead atoms. The van der Waals surface area contributed by atoms with E-state index in [-0.39, 0.29) is 5.91 Å². The maximum atomic E-state index is 12.6. The molecule has 1 aromatic heterocycles. The van der Waals surface area contributed by atoms with Crippen molar-refractivity contribution in [1.82, 2.24) is 14.4 Å². The van der Waals surface area contributed by atoms with Crippen molar-refractivity contribution in [2.45, 2.75) is 30.2 Å². The van der Waals surface area contributed by atoms with E-state index in [2.05, 4.69) is 66.0 Å². The number of thioether (sulfide) groups is 1. The molecule has 1 aliphatic rings. The predicted molar refractivity (Wildman–Crippen MR) is 102 cm³/mol. The third-order valence-corrected chi connectivity index (χ3v) is 6.02. The Balaban J connectivity index is 1.61. The van der Waals surface area contributed by atoms with Crippen LogP contribution >= 0.6 is 11.8 Å². The number of benzene rings is 1. The molecule has 1 aliphatic heterocycles. The zero-order chi connectivity index (χ0) is 17.1. The van der Waals surface area contributed by atoms with E-state index in [1.165, 1.54) is 22.2 Å². The number of aromatic nitrogens is 1. The first kappa shape index (κ1) is 17.4. The molecule has 2 aromatic rings. The van der Waals surface area contributed by atoms with Crippen molar-refractivity contribution < 1.29 is 4.79 Å². The Labute approximate surface area is 148 Å². The Morgan fingerprint density at radius 2 is 2.04 bits per heavy atom. The molecule has 0 N–H and O–H groups in total. The molecule has 0 saturated carbocycles. The smallest absolute Gasteiger partial charge is 0.232 e. The maximum absolute atomic E-state index is 12.6. The van der Waals surface area contributed by atoms with E-state index in [0.717, 1.165) is 25.9 Å². The molecule has 1 saturated heterocycles.